The molecule has 0 bridgehead atoms. The van der Waals surface area contributed by atoms with E-state index in [2.05, 4.69) is 40.8 Å². The Labute approximate surface area is 148 Å². The highest BCUT2D eigenvalue weighted by Crippen LogP contribution is 2.46. The maximum Gasteiger partial charge on any atom is 0.308 e. The van der Waals surface area contributed by atoms with Gasteiger partial charge in [0.25, 0.3) is 0 Å². The van der Waals surface area contributed by atoms with Gasteiger partial charge in [0.1, 0.15) is 11.7 Å². The van der Waals surface area contributed by atoms with Crippen LogP contribution in [0.3, 0.4) is 0 Å². The van der Waals surface area contributed by atoms with E-state index >= 15 is 0 Å². The fraction of sp³-hybridized carbons (Fsp3) is 0.944. The molecule has 1 fully saturated rings. The summed E-state index contributed by atoms with van der Waals surface area (Å²) < 4.78 is 18.9. The predicted octanol–water partition coefficient (Wildman–Crippen LogP) is 4.42. The summed E-state index contributed by atoms with van der Waals surface area (Å²) in [5.74, 6) is -2.38. The van der Waals surface area contributed by atoms with Crippen molar-refractivity contribution in [2.75, 3.05) is 0 Å². The molecule has 142 valence electrons. The largest absolute Gasteiger partial charge is 0.481 e. The van der Waals surface area contributed by atoms with E-state index in [0.717, 1.165) is 6.42 Å². The van der Waals surface area contributed by atoms with Gasteiger partial charge >= 0.3 is 5.97 Å². The van der Waals surface area contributed by atoms with Crippen LogP contribution in [0.15, 0.2) is 0 Å². The Kier molecular flexibility index (Phi) is 6.04. The number of hydrogen-bond acceptors (Lipinski definition) is 4. The Morgan fingerprint density at radius 2 is 1.79 bits per heavy atom. The molecule has 1 N–H and O–H groups in total. The van der Waals surface area contributed by atoms with Gasteiger partial charge in [-0.25, -0.2) is 0 Å². The summed E-state index contributed by atoms with van der Waals surface area (Å²) in [6.45, 7) is 20.3. The molecule has 24 heavy (non-hydrogen) atoms. The van der Waals surface area contributed by atoms with Crippen LogP contribution in [0.25, 0.3) is 0 Å². The van der Waals surface area contributed by atoms with E-state index in [1.165, 1.54) is 0 Å². The summed E-state index contributed by atoms with van der Waals surface area (Å²) >= 11 is 0. The Morgan fingerprint density at radius 1 is 1.29 bits per heavy atom. The molecule has 0 aromatic carbocycles. The number of carboxylic acids is 1. The summed E-state index contributed by atoms with van der Waals surface area (Å²) in [5.41, 5.74) is -0.800. The number of ether oxygens (including phenoxy) is 2. The maximum atomic E-state index is 11.6. The van der Waals surface area contributed by atoms with Gasteiger partial charge < -0.3 is 19.0 Å². The molecule has 1 aliphatic rings. The second kappa shape index (κ2) is 6.70. The summed E-state index contributed by atoms with van der Waals surface area (Å²) in [4.78, 5) is 11.6. The lowest BCUT2D eigenvalue weighted by atomic mass is 9.84. The molecule has 0 unspecified atom stereocenters. The molecule has 1 aliphatic heterocycles. The molecule has 6 heteroatoms. The van der Waals surface area contributed by atoms with E-state index in [-0.39, 0.29) is 11.1 Å². The standard InChI is InChI=1S/C18H36O5Si/c1-11-13(22-24(9,10)16(3,4)5)18(8)14(12(2)15(19)20)21-17(6,7)23-18/h12-14H,11H2,1-10H3,(H,19,20)/t12-,13-,14-,18-/m1/s1. The molecular weight excluding hydrogens is 324 g/mol. The van der Waals surface area contributed by atoms with E-state index in [0.29, 0.717) is 0 Å². The molecule has 5 nitrogen and oxygen atoms in total. The fourth-order valence-corrected chi connectivity index (χ4v) is 4.61. The zero-order valence-electron chi connectivity index (χ0n) is 17.0. The van der Waals surface area contributed by atoms with Crippen LogP contribution in [-0.2, 0) is 18.7 Å². The smallest absolute Gasteiger partial charge is 0.308 e. The molecule has 0 amide bonds. The minimum Gasteiger partial charge on any atom is -0.481 e. The minimum absolute atomic E-state index is 0.0691. The van der Waals surface area contributed by atoms with Crippen LogP contribution < -0.4 is 0 Å². The van der Waals surface area contributed by atoms with Crippen molar-refractivity contribution in [1.29, 1.82) is 0 Å². The summed E-state index contributed by atoms with van der Waals surface area (Å²) in [7, 11) is -2.02. The molecule has 0 saturated carbocycles. The van der Waals surface area contributed by atoms with Gasteiger partial charge in [-0.3, -0.25) is 4.79 Å². The first-order valence-corrected chi connectivity index (χ1v) is 11.8. The molecule has 0 aliphatic carbocycles. The van der Waals surface area contributed by atoms with E-state index in [4.69, 9.17) is 13.9 Å². The Morgan fingerprint density at radius 3 is 2.17 bits per heavy atom. The number of hydrogen-bond donors (Lipinski definition) is 1. The van der Waals surface area contributed by atoms with Crippen LogP contribution in [0, 0.1) is 5.92 Å². The van der Waals surface area contributed by atoms with Crippen molar-refractivity contribution in [2.45, 2.75) is 104 Å². The molecule has 0 spiro atoms. The van der Waals surface area contributed by atoms with Crippen molar-refractivity contribution < 1.29 is 23.8 Å². The second-order valence-electron chi connectivity index (χ2n) is 9.13. The number of carbonyl (C=O) groups is 1. The lowest BCUT2D eigenvalue weighted by Gasteiger charge is -2.45. The molecule has 1 rings (SSSR count). The third-order valence-electron chi connectivity index (χ3n) is 5.54. The quantitative estimate of drug-likeness (QED) is 0.710. The van der Waals surface area contributed by atoms with E-state index in [9.17, 15) is 9.90 Å². The van der Waals surface area contributed by atoms with Crippen molar-refractivity contribution in [1.82, 2.24) is 0 Å². The van der Waals surface area contributed by atoms with Crippen LogP contribution in [0.4, 0.5) is 0 Å². The molecule has 0 aromatic heterocycles. The number of rotatable bonds is 6. The first-order chi connectivity index (χ1) is 10.6. The average Bonchev–Trinajstić information content (AvgIpc) is 2.64. The third-order valence-corrected chi connectivity index (χ3v) is 10.0. The molecule has 1 heterocycles. The molecule has 0 radical (unpaired) electrons. The van der Waals surface area contributed by atoms with Gasteiger partial charge in [-0.15, -0.1) is 0 Å². The molecule has 1 saturated heterocycles. The van der Waals surface area contributed by atoms with Gasteiger partial charge in [0.2, 0.25) is 0 Å². The summed E-state index contributed by atoms with van der Waals surface area (Å²) in [6, 6.07) is 0. The zero-order valence-corrected chi connectivity index (χ0v) is 18.0. The Balaban J connectivity index is 3.22. The van der Waals surface area contributed by atoms with E-state index < -0.39 is 37.7 Å². The lowest BCUT2D eigenvalue weighted by molar-refractivity contribution is -0.178. The highest BCUT2D eigenvalue weighted by Gasteiger charge is 2.58. The number of aliphatic carboxylic acids is 1. The van der Waals surface area contributed by atoms with Gasteiger partial charge in [-0.05, 0) is 52.2 Å². The van der Waals surface area contributed by atoms with Gasteiger partial charge in [0.05, 0.1) is 12.0 Å². The highest BCUT2D eigenvalue weighted by molar-refractivity contribution is 6.74. The molecular formula is C18H36O5Si. The van der Waals surface area contributed by atoms with Crippen molar-refractivity contribution in [2.24, 2.45) is 5.92 Å². The van der Waals surface area contributed by atoms with Crippen molar-refractivity contribution in [3.63, 3.8) is 0 Å². The lowest BCUT2D eigenvalue weighted by Crippen LogP contribution is -2.57. The van der Waals surface area contributed by atoms with Gasteiger partial charge in [-0.2, -0.15) is 0 Å². The van der Waals surface area contributed by atoms with Crippen LogP contribution in [0.5, 0.6) is 0 Å². The second-order valence-corrected chi connectivity index (χ2v) is 13.9. The average molecular weight is 361 g/mol. The van der Waals surface area contributed by atoms with Gasteiger partial charge in [0.15, 0.2) is 14.1 Å². The zero-order chi connectivity index (χ0) is 19.1. The van der Waals surface area contributed by atoms with Gasteiger partial charge in [0, 0.05) is 0 Å². The molecule has 0 aromatic rings. The van der Waals surface area contributed by atoms with Crippen molar-refractivity contribution in [3.8, 4) is 0 Å². The van der Waals surface area contributed by atoms with E-state index in [1.807, 2.05) is 20.8 Å². The van der Waals surface area contributed by atoms with Crippen LogP contribution in [0.1, 0.15) is 61.8 Å². The predicted molar refractivity (Wildman–Crippen MR) is 97.6 cm³/mol. The monoisotopic (exact) mass is 360 g/mol. The highest BCUT2D eigenvalue weighted by atomic mass is 28.4. The first kappa shape index (κ1) is 21.6. The maximum absolute atomic E-state index is 11.6. The summed E-state index contributed by atoms with van der Waals surface area (Å²) in [6.07, 6.45) is -0.0302. The first-order valence-electron chi connectivity index (χ1n) is 8.86. The third kappa shape index (κ3) is 4.21. The summed E-state index contributed by atoms with van der Waals surface area (Å²) in [5, 5.41) is 9.56. The Hall–Kier alpha value is -0.433. The van der Waals surface area contributed by atoms with Crippen molar-refractivity contribution in [3.05, 3.63) is 0 Å². The van der Waals surface area contributed by atoms with Crippen LogP contribution in [0.2, 0.25) is 18.1 Å². The fourth-order valence-electron chi connectivity index (χ4n) is 3.15. The van der Waals surface area contributed by atoms with E-state index in [1.54, 1.807) is 6.92 Å². The van der Waals surface area contributed by atoms with Crippen LogP contribution in [-0.4, -0.2) is 43.0 Å². The number of carboxylic acid groups (broad SMARTS) is 1. The van der Waals surface area contributed by atoms with Crippen LogP contribution >= 0.6 is 0 Å². The van der Waals surface area contributed by atoms with Crippen molar-refractivity contribution >= 4 is 14.3 Å². The Bertz CT molecular complexity index is 469. The normalized spacial score (nSPS) is 30.2. The minimum atomic E-state index is -2.02. The SMILES string of the molecule is CC[C@@H](O[Si](C)(C)C(C)(C)C)[C@@]1(C)OC(C)(C)O[C@@H]1[C@@H](C)C(=O)O. The topological polar surface area (TPSA) is 65.0 Å². The van der Waals surface area contributed by atoms with Gasteiger partial charge in [-0.1, -0.05) is 27.7 Å². The molecule has 4 atom stereocenters.